The zero-order valence-corrected chi connectivity index (χ0v) is 20.6. The van der Waals surface area contributed by atoms with Gasteiger partial charge in [-0.3, -0.25) is 0 Å². The van der Waals surface area contributed by atoms with E-state index >= 15 is 0 Å². The van der Waals surface area contributed by atoms with Crippen molar-refractivity contribution in [1.29, 1.82) is 0 Å². The molecule has 0 unspecified atom stereocenters. The highest BCUT2D eigenvalue weighted by Crippen LogP contribution is 2.21. The highest BCUT2D eigenvalue weighted by molar-refractivity contribution is 7.87. The highest BCUT2D eigenvalue weighted by atomic mass is 35.5. The Bertz CT molecular complexity index is 1300. The van der Waals surface area contributed by atoms with Crippen LogP contribution >= 0.6 is 23.2 Å². The highest BCUT2D eigenvalue weighted by Gasteiger charge is 2.16. The molecule has 0 aromatic heterocycles. The van der Waals surface area contributed by atoms with Gasteiger partial charge in [-0.2, -0.15) is 16.8 Å². The monoisotopic (exact) mass is 536 g/mol. The third-order valence-corrected chi connectivity index (χ3v) is 7.13. The molecule has 0 aliphatic heterocycles. The van der Waals surface area contributed by atoms with Crippen LogP contribution in [-0.4, -0.2) is 16.8 Å². The minimum absolute atomic E-state index is 0.120. The molecule has 0 saturated carbocycles. The van der Waals surface area contributed by atoms with Gasteiger partial charge in [0.15, 0.2) is 0 Å². The molecule has 176 valence electrons. The normalized spacial score (nSPS) is 11.1. The van der Waals surface area contributed by atoms with Gasteiger partial charge < -0.3 is 8.37 Å². The van der Waals surface area contributed by atoms with Gasteiger partial charge in [0.2, 0.25) is 0 Å². The fraction of sp³-hybridized carbons (Fsp3) is 0. The third kappa shape index (κ3) is 7.50. The van der Waals surface area contributed by atoms with Crippen molar-refractivity contribution in [2.45, 2.75) is 9.79 Å². The van der Waals surface area contributed by atoms with Crippen molar-refractivity contribution >= 4 is 43.4 Å². The van der Waals surface area contributed by atoms with Crippen LogP contribution < -0.4 is 8.37 Å². The first-order chi connectivity index (χ1) is 16.2. The molecule has 0 aliphatic carbocycles. The van der Waals surface area contributed by atoms with Crippen molar-refractivity contribution in [2.24, 2.45) is 0 Å². The molecule has 0 spiro atoms. The summed E-state index contributed by atoms with van der Waals surface area (Å²) in [5.41, 5.74) is 0. The van der Waals surface area contributed by atoms with E-state index in [-0.39, 0.29) is 21.3 Å². The van der Waals surface area contributed by atoms with Gasteiger partial charge in [0, 0.05) is 10.0 Å². The molecule has 0 aliphatic rings. The van der Waals surface area contributed by atoms with Gasteiger partial charge in [-0.15, -0.1) is 0 Å². The van der Waals surface area contributed by atoms with Crippen molar-refractivity contribution < 1.29 is 25.2 Å². The summed E-state index contributed by atoms with van der Waals surface area (Å²) in [4.78, 5) is 0.241. The van der Waals surface area contributed by atoms with E-state index in [1.54, 1.807) is 60.7 Å². The summed E-state index contributed by atoms with van der Waals surface area (Å²) in [5, 5.41) is 1.05. The van der Waals surface area contributed by atoms with Gasteiger partial charge in [0.05, 0.1) is 0 Å². The lowest BCUT2D eigenvalue weighted by molar-refractivity contribution is 0.484. The molecule has 0 bridgehead atoms. The molecule has 0 saturated heterocycles. The summed E-state index contributed by atoms with van der Waals surface area (Å²) in [6.45, 7) is 0. The Morgan fingerprint density at radius 1 is 0.441 bits per heavy atom. The van der Waals surface area contributed by atoms with Crippen LogP contribution in [0.1, 0.15) is 0 Å². The fourth-order valence-corrected chi connectivity index (χ4v) is 4.66. The van der Waals surface area contributed by atoms with E-state index < -0.39 is 20.2 Å². The first-order valence-corrected chi connectivity index (χ1v) is 13.2. The predicted molar refractivity (Wildman–Crippen MR) is 131 cm³/mol. The van der Waals surface area contributed by atoms with E-state index in [1.807, 2.05) is 0 Å². The molecule has 4 aromatic rings. The van der Waals surface area contributed by atoms with Crippen molar-refractivity contribution in [3.8, 4) is 11.5 Å². The molecule has 0 atom stereocenters. The largest absolute Gasteiger partial charge is 0.379 e. The molecular weight excluding hydrogens is 519 g/mol. The van der Waals surface area contributed by atoms with E-state index in [4.69, 9.17) is 31.6 Å². The van der Waals surface area contributed by atoms with Crippen LogP contribution in [-0.2, 0) is 20.2 Å². The summed E-state index contributed by atoms with van der Waals surface area (Å²) in [6, 6.07) is 28.2. The van der Waals surface area contributed by atoms with Crippen molar-refractivity contribution in [1.82, 2.24) is 0 Å². The van der Waals surface area contributed by atoms with Crippen molar-refractivity contribution in [3.63, 3.8) is 0 Å². The van der Waals surface area contributed by atoms with Crippen LogP contribution in [0.4, 0.5) is 0 Å². The van der Waals surface area contributed by atoms with E-state index in [9.17, 15) is 16.8 Å². The molecule has 6 nitrogen and oxygen atoms in total. The Morgan fingerprint density at radius 3 is 1.03 bits per heavy atom. The maximum Gasteiger partial charge on any atom is 0.339 e. The van der Waals surface area contributed by atoms with Gasteiger partial charge in [0.25, 0.3) is 0 Å². The average Bonchev–Trinajstić information content (AvgIpc) is 2.83. The number of benzene rings is 4. The number of halogens is 2. The molecule has 0 heterocycles. The minimum Gasteiger partial charge on any atom is -0.379 e. The quantitative estimate of drug-likeness (QED) is 0.272. The molecule has 0 radical (unpaired) electrons. The van der Waals surface area contributed by atoms with Gasteiger partial charge in [-0.1, -0.05) is 59.6 Å². The van der Waals surface area contributed by atoms with Crippen LogP contribution in [0.5, 0.6) is 11.5 Å². The molecule has 10 heteroatoms. The van der Waals surface area contributed by atoms with Crippen molar-refractivity contribution in [2.75, 3.05) is 0 Å². The van der Waals surface area contributed by atoms with Crippen LogP contribution in [0.3, 0.4) is 0 Å². The lowest BCUT2D eigenvalue weighted by Crippen LogP contribution is -2.09. The Kier molecular flexibility index (Phi) is 8.57. The van der Waals surface area contributed by atoms with Crippen LogP contribution in [0.25, 0.3) is 0 Å². The minimum atomic E-state index is -3.77. The number of hydrogen-bond acceptors (Lipinski definition) is 6. The molecule has 0 fully saturated rings. The third-order valence-electron chi connectivity index (χ3n) is 4.10. The maximum absolute atomic E-state index is 11.8. The van der Waals surface area contributed by atoms with Crippen LogP contribution in [0.2, 0.25) is 10.0 Å². The zero-order valence-electron chi connectivity index (χ0n) is 17.4. The molecule has 4 rings (SSSR count). The average molecular weight is 537 g/mol. The second-order valence-electron chi connectivity index (χ2n) is 6.61. The van der Waals surface area contributed by atoms with Crippen LogP contribution in [0, 0.1) is 0 Å². The Balaban J connectivity index is 0.000000191. The Hall–Kier alpha value is -3.04. The topological polar surface area (TPSA) is 86.7 Å². The summed E-state index contributed by atoms with van der Waals surface area (Å²) < 4.78 is 57.2. The lowest BCUT2D eigenvalue weighted by atomic mass is 10.3. The Morgan fingerprint density at radius 2 is 0.735 bits per heavy atom. The first-order valence-electron chi connectivity index (χ1n) is 9.66. The molecule has 34 heavy (non-hydrogen) atoms. The van der Waals surface area contributed by atoms with E-state index in [0.29, 0.717) is 10.0 Å². The predicted octanol–water partition coefficient (Wildman–Crippen LogP) is 6.22. The maximum atomic E-state index is 11.8. The summed E-state index contributed by atoms with van der Waals surface area (Å²) in [5.74, 6) is 0.469. The summed E-state index contributed by atoms with van der Waals surface area (Å²) >= 11 is 11.4. The van der Waals surface area contributed by atoms with Gasteiger partial charge in [-0.05, 0) is 72.8 Å². The summed E-state index contributed by atoms with van der Waals surface area (Å²) in [7, 11) is -7.54. The van der Waals surface area contributed by atoms with E-state index in [1.165, 1.54) is 48.5 Å². The number of hydrogen-bond donors (Lipinski definition) is 0. The first kappa shape index (κ1) is 25.6. The molecule has 4 aromatic carbocycles. The fourth-order valence-electron chi connectivity index (χ4n) is 2.50. The zero-order chi connectivity index (χ0) is 24.6. The smallest absolute Gasteiger partial charge is 0.339 e. The van der Waals surface area contributed by atoms with Gasteiger partial charge in [-0.25, -0.2) is 0 Å². The lowest BCUT2D eigenvalue weighted by Gasteiger charge is -2.06. The van der Waals surface area contributed by atoms with Gasteiger partial charge >= 0.3 is 20.2 Å². The Labute approximate surface area is 208 Å². The second kappa shape index (κ2) is 11.4. The molecular formula is C24H18Cl2O6S2. The van der Waals surface area contributed by atoms with Crippen LogP contribution in [0.15, 0.2) is 119 Å². The SMILES string of the molecule is O=S(=O)(Oc1ccc(Cl)cc1)c1ccccc1.O=S(=O)(Oc1ccc(Cl)cc1)c1ccccc1. The van der Waals surface area contributed by atoms with Gasteiger partial charge in [0.1, 0.15) is 21.3 Å². The summed E-state index contributed by atoms with van der Waals surface area (Å²) in [6.07, 6.45) is 0. The second-order valence-corrected chi connectivity index (χ2v) is 10.6. The molecule has 0 amide bonds. The molecule has 0 N–H and O–H groups in total. The standard InChI is InChI=1S/2C12H9ClO3S/c2*13-10-6-8-11(9-7-10)16-17(14,15)12-4-2-1-3-5-12/h2*1-9H. The van der Waals surface area contributed by atoms with E-state index in [0.717, 1.165) is 0 Å². The number of rotatable bonds is 6. The van der Waals surface area contributed by atoms with Crippen molar-refractivity contribution in [3.05, 3.63) is 119 Å². The van der Waals surface area contributed by atoms with E-state index in [2.05, 4.69) is 0 Å².